The normalized spacial score (nSPS) is 13.0. The quantitative estimate of drug-likeness (QED) is 0.832. The fourth-order valence-electron chi connectivity index (χ4n) is 2.08. The molecule has 0 radical (unpaired) electrons. The number of aliphatic hydroxyl groups excluding tert-OH is 1. The highest BCUT2D eigenvalue weighted by atomic mass is 16.8. The predicted molar refractivity (Wildman–Crippen MR) is 87.2 cm³/mol. The Morgan fingerprint density at radius 3 is 2.36 bits per heavy atom. The van der Waals surface area contributed by atoms with E-state index in [2.05, 4.69) is 0 Å². The average molecular weight is 301 g/mol. The molecule has 2 aromatic carbocycles. The Balaban J connectivity index is 2.31. The standard InChI is InChI=1S/C18H23NO3/c1-18(2,3)22-17(20)21-16-11-13(12-19)9-10-15(16)14-7-5-4-6-8-14/h4-11,17,20H,12,19H2,1-3H3. The molecule has 0 fully saturated rings. The fourth-order valence-corrected chi connectivity index (χ4v) is 2.08. The van der Waals surface area contributed by atoms with Crippen molar-refractivity contribution in [2.75, 3.05) is 0 Å². The summed E-state index contributed by atoms with van der Waals surface area (Å²) in [5.41, 5.74) is 8.00. The van der Waals surface area contributed by atoms with Crippen LogP contribution in [0.15, 0.2) is 48.5 Å². The van der Waals surface area contributed by atoms with E-state index in [4.69, 9.17) is 15.2 Å². The third kappa shape index (κ3) is 4.56. The third-order valence-electron chi connectivity index (χ3n) is 3.05. The van der Waals surface area contributed by atoms with Gasteiger partial charge >= 0.3 is 6.48 Å². The molecule has 0 aliphatic carbocycles. The first-order valence-corrected chi connectivity index (χ1v) is 7.30. The lowest BCUT2D eigenvalue weighted by molar-refractivity contribution is -0.259. The van der Waals surface area contributed by atoms with Gasteiger partial charge in [-0.1, -0.05) is 42.5 Å². The van der Waals surface area contributed by atoms with Gasteiger partial charge in [0, 0.05) is 12.1 Å². The number of nitrogens with two attached hydrogens (primary N) is 1. The Bertz CT molecular complexity index is 605. The van der Waals surface area contributed by atoms with E-state index in [0.29, 0.717) is 12.3 Å². The molecule has 0 bridgehead atoms. The van der Waals surface area contributed by atoms with Crippen LogP contribution in [0.2, 0.25) is 0 Å². The second-order valence-corrected chi connectivity index (χ2v) is 6.06. The minimum atomic E-state index is -1.34. The molecule has 0 heterocycles. The first kappa shape index (κ1) is 16.5. The van der Waals surface area contributed by atoms with Crippen molar-refractivity contribution in [1.82, 2.24) is 0 Å². The number of benzene rings is 2. The van der Waals surface area contributed by atoms with E-state index in [-0.39, 0.29) is 0 Å². The smallest absolute Gasteiger partial charge is 0.313 e. The topological polar surface area (TPSA) is 64.7 Å². The SMILES string of the molecule is CC(C)(C)OC(O)Oc1cc(CN)ccc1-c1ccccc1. The van der Waals surface area contributed by atoms with Crippen molar-refractivity contribution in [1.29, 1.82) is 0 Å². The van der Waals surface area contributed by atoms with Gasteiger partial charge < -0.3 is 20.3 Å². The number of rotatable bonds is 5. The van der Waals surface area contributed by atoms with Gasteiger partial charge in [0.25, 0.3) is 0 Å². The van der Waals surface area contributed by atoms with E-state index >= 15 is 0 Å². The maximum atomic E-state index is 10.00. The summed E-state index contributed by atoms with van der Waals surface area (Å²) in [5, 5.41) is 10.00. The summed E-state index contributed by atoms with van der Waals surface area (Å²) < 4.78 is 11.0. The molecule has 1 atom stereocenters. The molecule has 1 unspecified atom stereocenters. The summed E-state index contributed by atoms with van der Waals surface area (Å²) in [6.45, 7) is 4.63. The van der Waals surface area contributed by atoms with Crippen LogP contribution < -0.4 is 10.5 Å². The first-order chi connectivity index (χ1) is 10.4. The second kappa shape index (κ2) is 6.92. The van der Waals surface area contributed by atoms with Gasteiger partial charge in [0.1, 0.15) is 5.75 Å². The molecule has 0 aliphatic heterocycles. The summed E-state index contributed by atoms with van der Waals surface area (Å²) >= 11 is 0. The Morgan fingerprint density at radius 2 is 1.77 bits per heavy atom. The highest BCUT2D eigenvalue weighted by molar-refractivity contribution is 5.70. The molecule has 0 saturated heterocycles. The molecular formula is C18H23NO3. The highest BCUT2D eigenvalue weighted by Crippen LogP contribution is 2.32. The summed E-state index contributed by atoms with van der Waals surface area (Å²) in [7, 11) is 0. The van der Waals surface area contributed by atoms with E-state index in [9.17, 15) is 5.11 Å². The minimum Gasteiger partial charge on any atom is -0.441 e. The van der Waals surface area contributed by atoms with E-state index in [1.165, 1.54) is 0 Å². The molecule has 0 saturated carbocycles. The van der Waals surface area contributed by atoms with E-state index in [0.717, 1.165) is 16.7 Å². The van der Waals surface area contributed by atoms with E-state index in [1.807, 2.05) is 69.3 Å². The van der Waals surface area contributed by atoms with Crippen molar-refractivity contribution >= 4 is 0 Å². The molecule has 22 heavy (non-hydrogen) atoms. The zero-order valence-corrected chi connectivity index (χ0v) is 13.2. The summed E-state index contributed by atoms with van der Waals surface area (Å²) in [6, 6.07) is 15.6. The lowest BCUT2D eigenvalue weighted by Crippen LogP contribution is -2.31. The van der Waals surface area contributed by atoms with Gasteiger partial charge in [-0.05, 0) is 38.0 Å². The lowest BCUT2D eigenvalue weighted by Gasteiger charge is -2.25. The molecule has 0 spiro atoms. The maximum absolute atomic E-state index is 10.00. The van der Waals surface area contributed by atoms with Crippen LogP contribution in [0.1, 0.15) is 26.3 Å². The molecule has 0 amide bonds. The predicted octanol–water partition coefficient (Wildman–Crippen LogP) is 3.28. The van der Waals surface area contributed by atoms with Crippen molar-refractivity contribution in [3.8, 4) is 16.9 Å². The zero-order valence-electron chi connectivity index (χ0n) is 13.2. The highest BCUT2D eigenvalue weighted by Gasteiger charge is 2.19. The van der Waals surface area contributed by atoms with E-state index in [1.54, 1.807) is 0 Å². The van der Waals surface area contributed by atoms with Crippen molar-refractivity contribution in [3.63, 3.8) is 0 Å². The van der Waals surface area contributed by atoms with Gasteiger partial charge in [-0.25, -0.2) is 0 Å². The molecule has 2 aromatic rings. The maximum Gasteiger partial charge on any atom is 0.313 e. The fraction of sp³-hybridized carbons (Fsp3) is 0.333. The Labute approximate surface area is 131 Å². The third-order valence-corrected chi connectivity index (χ3v) is 3.05. The van der Waals surface area contributed by atoms with Crippen LogP contribution in [0.5, 0.6) is 5.75 Å². The van der Waals surface area contributed by atoms with Crippen molar-refractivity contribution in [2.24, 2.45) is 5.73 Å². The van der Waals surface area contributed by atoms with Crippen LogP contribution in [-0.2, 0) is 11.3 Å². The van der Waals surface area contributed by atoms with Crippen molar-refractivity contribution in [2.45, 2.75) is 39.4 Å². The molecule has 4 heteroatoms. The molecule has 2 rings (SSSR count). The van der Waals surface area contributed by atoms with E-state index < -0.39 is 12.1 Å². The largest absolute Gasteiger partial charge is 0.441 e. The van der Waals surface area contributed by atoms with Crippen LogP contribution in [0.4, 0.5) is 0 Å². The first-order valence-electron chi connectivity index (χ1n) is 7.30. The molecule has 3 N–H and O–H groups in total. The molecule has 4 nitrogen and oxygen atoms in total. The van der Waals surface area contributed by atoms with Gasteiger partial charge in [-0.3, -0.25) is 0 Å². The minimum absolute atomic E-state index is 0.404. The van der Waals surface area contributed by atoms with Crippen LogP contribution in [0.25, 0.3) is 11.1 Å². The molecule has 118 valence electrons. The van der Waals surface area contributed by atoms with Crippen LogP contribution in [0, 0.1) is 0 Å². The van der Waals surface area contributed by atoms with Gasteiger partial charge in [0.05, 0.1) is 5.60 Å². The number of aliphatic hydroxyl groups is 1. The van der Waals surface area contributed by atoms with Crippen LogP contribution in [-0.4, -0.2) is 17.2 Å². The summed E-state index contributed by atoms with van der Waals surface area (Å²) in [4.78, 5) is 0. The lowest BCUT2D eigenvalue weighted by atomic mass is 10.0. The number of hydrogen-bond acceptors (Lipinski definition) is 4. The zero-order chi connectivity index (χ0) is 16.2. The summed E-state index contributed by atoms with van der Waals surface area (Å²) in [6.07, 6.45) is 0. The second-order valence-electron chi connectivity index (χ2n) is 6.06. The Morgan fingerprint density at radius 1 is 1.09 bits per heavy atom. The molecule has 0 aromatic heterocycles. The molecule has 0 aliphatic rings. The Hall–Kier alpha value is -1.88. The van der Waals surface area contributed by atoms with Gasteiger partial charge in [-0.15, -0.1) is 0 Å². The average Bonchev–Trinajstić information content (AvgIpc) is 2.46. The summed E-state index contributed by atoms with van der Waals surface area (Å²) in [5.74, 6) is 0.547. The monoisotopic (exact) mass is 301 g/mol. The van der Waals surface area contributed by atoms with Crippen LogP contribution in [0.3, 0.4) is 0 Å². The number of hydrogen-bond donors (Lipinski definition) is 2. The van der Waals surface area contributed by atoms with Crippen LogP contribution >= 0.6 is 0 Å². The van der Waals surface area contributed by atoms with Crippen molar-refractivity contribution in [3.05, 3.63) is 54.1 Å². The van der Waals surface area contributed by atoms with Crippen molar-refractivity contribution < 1.29 is 14.6 Å². The van der Waals surface area contributed by atoms with Gasteiger partial charge in [0.2, 0.25) is 0 Å². The van der Waals surface area contributed by atoms with Gasteiger partial charge in [-0.2, -0.15) is 0 Å². The Kier molecular flexibility index (Phi) is 5.19. The van der Waals surface area contributed by atoms with Gasteiger partial charge in [0.15, 0.2) is 0 Å². The molecular weight excluding hydrogens is 278 g/mol. The number of ether oxygens (including phenoxy) is 2.